The van der Waals surface area contributed by atoms with Gasteiger partial charge in [-0.05, 0) is 106 Å². The molecule has 12 N–H and O–H groups in total. The lowest BCUT2D eigenvalue weighted by molar-refractivity contribution is -0.141. The van der Waals surface area contributed by atoms with E-state index in [9.17, 15) is 74.4 Å². The van der Waals surface area contributed by atoms with Crippen molar-refractivity contribution in [3.8, 4) is 0 Å². The molecular weight excluding hydrogens is 1210 g/mol. The molecule has 4 aliphatic rings. The molecule has 2 aromatic carbocycles. The Morgan fingerprint density at radius 2 is 0.837 bits per heavy atom. The minimum atomic E-state index is -1.02. The normalized spacial score (nSPS) is 22.1. The fraction of sp³-hybridized carbons (Fsp3) is 0.698. The molecule has 5 atom stereocenters. The van der Waals surface area contributed by atoms with Crippen LogP contribution in [0.15, 0.2) is 48.5 Å². The predicted octanol–water partition coefficient (Wildman–Crippen LogP) is 0.425. The number of carboxylic acids is 4. The fourth-order valence-corrected chi connectivity index (χ4v) is 14.1. The summed E-state index contributed by atoms with van der Waals surface area (Å²) in [5.74, 6) is -3.38. The van der Waals surface area contributed by atoms with Gasteiger partial charge in [0.2, 0.25) is 11.8 Å². The summed E-state index contributed by atoms with van der Waals surface area (Å²) in [6.07, 6.45) is 9.45. The largest absolute Gasteiger partial charge is 0.480 e. The van der Waals surface area contributed by atoms with Crippen molar-refractivity contribution in [2.75, 3.05) is 181 Å². The van der Waals surface area contributed by atoms with Crippen LogP contribution in [-0.4, -0.2) is 326 Å². The van der Waals surface area contributed by atoms with E-state index < -0.39 is 36.0 Å². The van der Waals surface area contributed by atoms with E-state index in [4.69, 9.17) is 0 Å². The summed E-state index contributed by atoms with van der Waals surface area (Å²) in [6.45, 7) is 5.69. The smallest absolute Gasteiger partial charge is 0.317 e. The van der Waals surface area contributed by atoms with E-state index in [1.807, 2.05) is 70.1 Å². The van der Waals surface area contributed by atoms with Crippen molar-refractivity contribution < 1.29 is 74.4 Å². The Kier molecular flexibility index (Phi) is 33.8. The second kappa shape index (κ2) is 41.2. The van der Waals surface area contributed by atoms with Gasteiger partial charge in [-0.3, -0.25) is 68.0 Å². The number of unbranched alkanes of at least 4 members (excludes halogenated alkanes) is 5. The van der Waals surface area contributed by atoms with Gasteiger partial charge in [-0.25, -0.2) is 4.79 Å². The molecule has 4 saturated heterocycles. The van der Waals surface area contributed by atoms with Crippen molar-refractivity contribution in [3.05, 3.63) is 59.7 Å². The third-order valence-electron chi connectivity index (χ3n) is 17.8. The number of aliphatic hydroxyl groups excluding tert-OH is 4. The first-order chi connectivity index (χ1) is 44.4. The molecule has 92 heavy (non-hydrogen) atoms. The minimum Gasteiger partial charge on any atom is -0.480 e. The number of hydrogen-bond donors (Lipinski definition) is 12. The van der Waals surface area contributed by atoms with Crippen LogP contribution in [-0.2, 0) is 41.6 Å². The monoisotopic (exact) mass is 1310 g/mol. The SMILES string of the molecule is O=C(O)CN1CCN(CO)CCN(CO)CCN(CC(=O)O)C(Cc2ccc(NC(=O)CCCCCN(CCCCCC(=O)Nc3ccc(CC4CN(CC(=O)O)CCN(CO)CCN(CO)CCN4CC(=O)O)cc3)CCCCC3SCC4NC(=O)NC43)cc2)C1. The molecule has 0 spiro atoms. The predicted molar refractivity (Wildman–Crippen MR) is 349 cm³/mol. The lowest BCUT2D eigenvalue weighted by Crippen LogP contribution is -2.53. The molecule has 0 aromatic heterocycles. The van der Waals surface area contributed by atoms with Crippen LogP contribution in [0.4, 0.5) is 16.2 Å². The zero-order chi connectivity index (χ0) is 66.2. The number of carbonyl (C=O) groups is 7. The van der Waals surface area contributed by atoms with Crippen LogP contribution in [0, 0.1) is 0 Å². The molecule has 28 nitrogen and oxygen atoms in total. The zero-order valence-corrected chi connectivity index (χ0v) is 54.3. The number of amides is 4. The molecule has 29 heteroatoms. The van der Waals surface area contributed by atoms with Crippen molar-refractivity contribution in [1.82, 2.24) is 54.7 Å². The van der Waals surface area contributed by atoms with E-state index in [0.717, 1.165) is 81.5 Å². The van der Waals surface area contributed by atoms with Crippen molar-refractivity contribution in [2.24, 2.45) is 0 Å². The van der Waals surface area contributed by atoms with E-state index in [1.165, 1.54) is 0 Å². The summed E-state index contributed by atoms with van der Waals surface area (Å²) in [5, 5.41) is 92.0. The average Bonchev–Trinajstić information content (AvgIpc) is 1.68. The zero-order valence-electron chi connectivity index (χ0n) is 53.5. The second-order valence-electron chi connectivity index (χ2n) is 24.8. The van der Waals surface area contributed by atoms with Crippen LogP contribution in [0.25, 0.3) is 0 Å². The van der Waals surface area contributed by atoms with Crippen LogP contribution >= 0.6 is 11.8 Å². The summed E-state index contributed by atoms with van der Waals surface area (Å²) in [5.41, 5.74) is 3.00. The number of nitrogens with one attached hydrogen (secondary N) is 4. The maximum absolute atomic E-state index is 13.2. The lowest BCUT2D eigenvalue weighted by Gasteiger charge is -2.37. The third-order valence-corrected chi connectivity index (χ3v) is 19.3. The number of anilines is 2. The second-order valence-corrected chi connectivity index (χ2v) is 26.1. The highest BCUT2D eigenvalue weighted by Crippen LogP contribution is 2.33. The standard InChI is InChI=1S/C63H103N13O15S/c77-44-69-23-25-71(46-79)31-33-75(41-60(87)88)52(37-73(29-27-69)39-58(83)84)35-48-12-16-50(17-13-48)64-56(81)10-3-1-6-20-68(22-8-5-9-55-62-54(43-92-55)66-63(91)67-62)21-7-2-4-11-57(82)65-51-18-14-49(15-19-51)36-53-38-74(40-59(85)86)30-28-70(45-78)24-26-72(47-80)32-34-76(53)42-61(89)90/h12-19,52-55,62,77-80H,1-11,20-47H2,(H,64,81)(H,65,82)(H,83,84)(H,85,86)(H,87,88)(H,89,90)(H2,66,67,91). The molecular formula is C63H103N13O15S. The Bertz CT molecular complexity index is 2420. The van der Waals surface area contributed by atoms with Gasteiger partial charge in [0.05, 0.1) is 65.2 Å². The van der Waals surface area contributed by atoms with E-state index in [1.54, 1.807) is 29.4 Å². The van der Waals surface area contributed by atoms with E-state index in [2.05, 4.69) is 26.2 Å². The summed E-state index contributed by atoms with van der Waals surface area (Å²) in [6, 6.07) is 14.2. The Hall–Kier alpha value is -5.64. The van der Waals surface area contributed by atoms with Crippen molar-refractivity contribution in [3.63, 3.8) is 0 Å². The first kappa shape index (κ1) is 75.4. The molecule has 0 bridgehead atoms. The highest BCUT2D eigenvalue weighted by atomic mass is 32.2. The van der Waals surface area contributed by atoms with Crippen molar-refractivity contribution in [2.45, 2.75) is 113 Å². The molecule has 516 valence electrons. The summed E-state index contributed by atoms with van der Waals surface area (Å²) >= 11 is 1.92. The third kappa shape index (κ3) is 28.1. The number of aliphatic carboxylic acids is 4. The number of carboxylic acid groups (broad SMARTS) is 4. The number of hydrogen-bond acceptors (Lipinski definition) is 21. The number of carbonyl (C=O) groups excluding carboxylic acids is 3. The highest BCUT2D eigenvalue weighted by molar-refractivity contribution is 8.00. The lowest BCUT2D eigenvalue weighted by atomic mass is 10.0. The Morgan fingerprint density at radius 3 is 1.22 bits per heavy atom. The van der Waals surface area contributed by atoms with Gasteiger partial charge in [-0.2, -0.15) is 11.8 Å². The van der Waals surface area contributed by atoms with Gasteiger partial charge in [0.15, 0.2) is 0 Å². The minimum absolute atomic E-state index is 0.0884. The van der Waals surface area contributed by atoms with Crippen LogP contribution < -0.4 is 21.3 Å². The van der Waals surface area contributed by atoms with Gasteiger partial charge < -0.3 is 67.0 Å². The molecule has 0 radical (unpaired) electrons. The molecule has 4 heterocycles. The topological polar surface area (TPSA) is 359 Å². The van der Waals surface area contributed by atoms with Gasteiger partial charge in [0.1, 0.15) is 0 Å². The van der Waals surface area contributed by atoms with E-state index in [-0.39, 0.29) is 96.1 Å². The molecule has 4 amide bonds. The van der Waals surface area contributed by atoms with Gasteiger partial charge in [-0.1, -0.05) is 43.5 Å². The fourth-order valence-electron chi connectivity index (χ4n) is 12.6. The molecule has 0 aliphatic carbocycles. The first-order valence-electron chi connectivity index (χ1n) is 32.7. The van der Waals surface area contributed by atoms with Crippen LogP contribution in [0.1, 0.15) is 81.8 Å². The molecule has 4 fully saturated rings. The number of aliphatic hydroxyl groups is 4. The molecule has 0 saturated carbocycles. The number of fused-ring (bicyclic) bond motifs is 1. The number of benzene rings is 2. The van der Waals surface area contributed by atoms with Gasteiger partial charge in [0.25, 0.3) is 0 Å². The summed E-state index contributed by atoms with van der Waals surface area (Å²) in [4.78, 5) is 103. The van der Waals surface area contributed by atoms with Crippen LogP contribution in [0.3, 0.4) is 0 Å². The van der Waals surface area contributed by atoms with Crippen LogP contribution in [0.5, 0.6) is 0 Å². The quantitative estimate of drug-likeness (QED) is 0.0329. The van der Waals surface area contributed by atoms with Gasteiger partial charge in [-0.15, -0.1) is 0 Å². The molecule has 4 aliphatic heterocycles. The van der Waals surface area contributed by atoms with E-state index >= 15 is 0 Å². The summed E-state index contributed by atoms with van der Waals surface area (Å²) < 4.78 is 0. The van der Waals surface area contributed by atoms with Gasteiger partial charge in [0, 0.05) is 139 Å². The maximum atomic E-state index is 13.2. The van der Waals surface area contributed by atoms with Gasteiger partial charge >= 0.3 is 29.9 Å². The molecule has 2 aromatic rings. The Labute approximate surface area is 545 Å². The Morgan fingerprint density at radius 1 is 0.467 bits per heavy atom. The number of nitrogens with zero attached hydrogens (tertiary/aromatic N) is 9. The summed E-state index contributed by atoms with van der Waals surface area (Å²) in [7, 11) is 0. The van der Waals surface area contributed by atoms with Crippen molar-refractivity contribution >= 4 is 64.9 Å². The number of thioether (sulfide) groups is 1. The number of rotatable bonds is 35. The highest BCUT2D eigenvalue weighted by Gasteiger charge is 2.42. The van der Waals surface area contributed by atoms with E-state index in [0.29, 0.717) is 134 Å². The van der Waals surface area contributed by atoms with Crippen LogP contribution in [0.2, 0.25) is 0 Å². The number of urea groups is 1. The van der Waals surface area contributed by atoms with Crippen molar-refractivity contribution in [1.29, 1.82) is 0 Å². The molecule has 6 rings (SSSR count). The first-order valence-corrected chi connectivity index (χ1v) is 33.7. The average molecular weight is 1310 g/mol. The maximum Gasteiger partial charge on any atom is 0.317 e. The molecule has 5 unspecified atom stereocenters. The Balaban J connectivity index is 0.968.